The van der Waals surface area contributed by atoms with Crippen molar-refractivity contribution in [2.75, 3.05) is 33.7 Å². The van der Waals surface area contributed by atoms with Crippen LogP contribution in [-0.2, 0) is 6.42 Å². The van der Waals surface area contributed by atoms with Crippen molar-refractivity contribution in [1.82, 2.24) is 10.2 Å². The van der Waals surface area contributed by atoms with E-state index >= 15 is 0 Å². The van der Waals surface area contributed by atoms with Gasteiger partial charge in [0.25, 0.3) is 0 Å². The number of halogens is 2. The van der Waals surface area contributed by atoms with Crippen molar-refractivity contribution >= 4 is 0 Å². The number of nitrogens with one attached hydrogen (secondary N) is 1. The van der Waals surface area contributed by atoms with Gasteiger partial charge < -0.3 is 10.2 Å². The van der Waals surface area contributed by atoms with Gasteiger partial charge in [0.2, 0.25) is 0 Å². The summed E-state index contributed by atoms with van der Waals surface area (Å²) < 4.78 is 26.4. The van der Waals surface area contributed by atoms with Crippen molar-refractivity contribution < 1.29 is 8.78 Å². The second kappa shape index (κ2) is 8.16. The van der Waals surface area contributed by atoms with Gasteiger partial charge in [-0.2, -0.15) is 0 Å². The highest BCUT2D eigenvalue weighted by Gasteiger charge is 2.05. The van der Waals surface area contributed by atoms with Gasteiger partial charge in [0.15, 0.2) is 0 Å². The Hall–Kier alpha value is -1.00. The van der Waals surface area contributed by atoms with Crippen LogP contribution in [0.2, 0.25) is 0 Å². The minimum atomic E-state index is -0.372. The zero-order valence-electron chi connectivity index (χ0n) is 11.2. The third-order valence-electron chi connectivity index (χ3n) is 2.99. The van der Waals surface area contributed by atoms with E-state index in [0.29, 0.717) is 12.0 Å². The predicted octanol–water partition coefficient (Wildman–Crippen LogP) is 2.44. The highest BCUT2D eigenvalue weighted by atomic mass is 19.1. The molecule has 0 aromatic heterocycles. The molecule has 18 heavy (non-hydrogen) atoms. The van der Waals surface area contributed by atoms with E-state index in [1.54, 1.807) is 0 Å². The standard InChI is InChI=1S/C14H22F2N2/c1-17-8-3-4-9-18(2)10-7-12-11-13(15)5-6-14(12)16/h5-6,11,17H,3-4,7-10H2,1-2H3. The van der Waals surface area contributed by atoms with Crippen LogP contribution in [0.5, 0.6) is 0 Å². The molecule has 2 nitrogen and oxygen atoms in total. The molecular formula is C14H22F2N2. The predicted molar refractivity (Wildman–Crippen MR) is 70.7 cm³/mol. The van der Waals surface area contributed by atoms with Crippen molar-refractivity contribution in [1.29, 1.82) is 0 Å². The lowest BCUT2D eigenvalue weighted by molar-refractivity contribution is 0.328. The van der Waals surface area contributed by atoms with Gasteiger partial charge in [-0.25, -0.2) is 8.78 Å². The van der Waals surface area contributed by atoms with E-state index in [9.17, 15) is 8.78 Å². The van der Waals surface area contributed by atoms with E-state index in [0.717, 1.165) is 38.5 Å². The molecule has 1 aromatic carbocycles. The summed E-state index contributed by atoms with van der Waals surface area (Å²) in [5.74, 6) is -0.692. The fourth-order valence-electron chi connectivity index (χ4n) is 1.84. The van der Waals surface area contributed by atoms with Gasteiger partial charge in [-0.15, -0.1) is 0 Å². The number of benzene rings is 1. The van der Waals surface area contributed by atoms with Gasteiger partial charge in [-0.3, -0.25) is 0 Å². The van der Waals surface area contributed by atoms with Gasteiger partial charge in [-0.05, 0) is 70.2 Å². The number of unbranched alkanes of at least 4 members (excludes halogenated alkanes) is 1. The quantitative estimate of drug-likeness (QED) is 0.719. The average Bonchev–Trinajstić information content (AvgIpc) is 2.36. The van der Waals surface area contributed by atoms with Crippen molar-refractivity contribution in [2.24, 2.45) is 0 Å². The van der Waals surface area contributed by atoms with Crippen LogP contribution in [0.4, 0.5) is 8.78 Å². The third kappa shape index (κ3) is 5.56. The highest BCUT2D eigenvalue weighted by Crippen LogP contribution is 2.10. The number of nitrogens with zero attached hydrogens (tertiary/aromatic N) is 1. The smallest absolute Gasteiger partial charge is 0.126 e. The maximum absolute atomic E-state index is 13.4. The van der Waals surface area contributed by atoms with Crippen LogP contribution in [0.3, 0.4) is 0 Å². The molecule has 0 saturated heterocycles. The molecule has 0 spiro atoms. The first-order chi connectivity index (χ1) is 8.63. The van der Waals surface area contributed by atoms with Gasteiger partial charge in [0.1, 0.15) is 11.6 Å². The lowest BCUT2D eigenvalue weighted by Gasteiger charge is -2.16. The van der Waals surface area contributed by atoms with Gasteiger partial charge >= 0.3 is 0 Å². The molecule has 0 aliphatic carbocycles. The van der Waals surface area contributed by atoms with Gasteiger partial charge in [-0.1, -0.05) is 0 Å². The van der Waals surface area contributed by atoms with Crippen molar-refractivity contribution in [3.8, 4) is 0 Å². The Morgan fingerprint density at radius 3 is 2.67 bits per heavy atom. The Balaban J connectivity index is 2.29. The molecule has 0 aliphatic rings. The van der Waals surface area contributed by atoms with Gasteiger partial charge in [0.05, 0.1) is 0 Å². The summed E-state index contributed by atoms with van der Waals surface area (Å²) in [4.78, 5) is 2.15. The Bertz CT molecular complexity index is 356. The Labute approximate surface area is 108 Å². The van der Waals surface area contributed by atoms with Crippen LogP contribution in [0.1, 0.15) is 18.4 Å². The van der Waals surface area contributed by atoms with Crippen LogP contribution in [-0.4, -0.2) is 38.6 Å². The molecule has 0 radical (unpaired) electrons. The maximum atomic E-state index is 13.4. The molecular weight excluding hydrogens is 234 g/mol. The molecule has 0 fully saturated rings. The van der Waals surface area contributed by atoms with Crippen LogP contribution in [0.15, 0.2) is 18.2 Å². The molecule has 102 valence electrons. The number of hydrogen-bond donors (Lipinski definition) is 1. The molecule has 0 atom stereocenters. The van der Waals surface area contributed by atoms with E-state index < -0.39 is 0 Å². The molecule has 0 saturated carbocycles. The SMILES string of the molecule is CNCCCCN(C)CCc1cc(F)ccc1F. The first-order valence-electron chi connectivity index (χ1n) is 6.40. The first-order valence-corrected chi connectivity index (χ1v) is 6.40. The van der Waals surface area contributed by atoms with Crippen molar-refractivity contribution in [3.63, 3.8) is 0 Å². The van der Waals surface area contributed by atoms with Gasteiger partial charge in [0, 0.05) is 6.54 Å². The molecule has 0 heterocycles. The molecule has 0 bridgehead atoms. The molecule has 0 unspecified atom stereocenters. The van der Waals surface area contributed by atoms with E-state index in [-0.39, 0.29) is 11.6 Å². The summed E-state index contributed by atoms with van der Waals surface area (Å²) in [6.07, 6.45) is 2.80. The normalized spacial score (nSPS) is 11.2. The Morgan fingerprint density at radius 1 is 1.17 bits per heavy atom. The van der Waals surface area contributed by atoms with Crippen molar-refractivity contribution in [2.45, 2.75) is 19.3 Å². The summed E-state index contributed by atoms with van der Waals surface area (Å²) in [6, 6.07) is 3.63. The van der Waals surface area contributed by atoms with E-state index in [4.69, 9.17) is 0 Å². The first kappa shape index (κ1) is 15.1. The molecule has 1 rings (SSSR count). The van der Waals surface area contributed by atoms with E-state index in [2.05, 4.69) is 10.2 Å². The molecule has 1 N–H and O–H groups in total. The fourth-order valence-corrected chi connectivity index (χ4v) is 1.84. The summed E-state index contributed by atoms with van der Waals surface area (Å²) in [7, 11) is 3.95. The van der Waals surface area contributed by atoms with Crippen LogP contribution < -0.4 is 5.32 Å². The summed E-state index contributed by atoms with van der Waals surface area (Å²) >= 11 is 0. The third-order valence-corrected chi connectivity index (χ3v) is 2.99. The topological polar surface area (TPSA) is 15.3 Å². The zero-order chi connectivity index (χ0) is 13.4. The minimum absolute atomic E-state index is 0.319. The lowest BCUT2D eigenvalue weighted by atomic mass is 10.1. The van der Waals surface area contributed by atoms with Crippen molar-refractivity contribution in [3.05, 3.63) is 35.4 Å². The van der Waals surface area contributed by atoms with Crippen LogP contribution in [0, 0.1) is 11.6 Å². The van der Waals surface area contributed by atoms with E-state index in [1.807, 2.05) is 14.1 Å². The molecule has 0 amide bonds. The zero-order valence-corrected chi connectivity index (χ0v) is 11.2. The Kier molecular flexibility index (Phi) is 6.83. The highest BCUT2D eigenvalue weighted by molar-refractivity contribution is 5.18. The number of rotatable bonds is 8. The van der Waals surface area contributed by atoms with E-state index in [1.165, 1.54) is 12.1 Å². The molecule has 1 aromatic rings. The average molecular weight is 256 g/mol. The van der Waals surface area contributed by atoms with Crippen LogP contribution in [0.25, 0.3) is 0 Å². The summed E-state index contributed by atoms with van der Waals surface area (Å²) in [5.41, 5.74) is 0.456. The molecule has 4 heteroatoms. The number of likely N-dealkylation sites (N-methyl/N-ethyl adjacent to an activating group) is 1. The summed E-state index contributed by atoms with van der Waals surface area (Å²) in [5, 5.41) is 3.10. The maximum Gasteiger partial charge on any atom is 0.126 e. The lowest BCUT2D eigenvalue weighted by Crippen LogP contribution is -2.23. The molecule has 0 aliphatic heterocycles. The largest absolute Gasteiger partial charge is 0.320 e. The minimum Gasteiger partial charge on any atom is -0.320 e. The Morgan fingerprint density at radius 2 is 1.94 bits per heavy atom. The second-order valence-electron chi connectivity index (χ2n) is 4.60. The monoisotopic (exact) mass is 256 g/mol. The van der Waals surface area contributed by atoms with Crippen LogP contribution >= 0.6 is 0 Å². The second-order valence-corrected chi connectivity index (χ2v) is 4.60. The number of hydrogen-bond acceptors (Lipinski definition) is 2. The summed E-state index contributed by atoms with van der Waals surface area (Å²) in [6.45, 7) is 2.75. The fraction of sp³-hybridized carbons (Fsp3) is 0.571.